The Bertz CT molecular complexity index is 719. The van der Waals surface area contributed by atoms with Crippen LogP contribution in [-0.2, 0) is 6.61 Å². The van der Waals surface area contributed by atoms with Crippen molar-refractivity contribution in [2.45, 2.75) is 6.61 Å². The Morgan fingerprint density at radius 1 is 1.05 bits per heavy atom. The van der Waals surface area contributed by atoms with E-state index in [0.29, 0.717) is 6.61 Å². The zero-order chi connectivity index (χ0) is 13.9. The third kappa shape index (κ3) is 2.45. The first kappa shape index (κ1) is 12.5. The minimum atomic E-state index is -0.248. The lowest BCUT2D eigenvalue weighted by molar-refractivity contribution is 0.307. The predicted octanol–water partition coefficient (Wildman–Crippen LogP) is 3.89. The maximum absolute atomic E-state index is 13.1. The van der Waals surface area contributed by atoms with E-state index in [9.17, 15) is 4.39 Å². The monoisotopic (exact) mass is 271 g/mol. The van der Waals surface area contributed by atoms with Crippen LogP contribution in [0, 0.1) is 5.82 Å². The number of rotatable bonds is 4. The number of methoxy groups -OCH3 is 1. The Morgan fingerprint density at radius 2 is 1.80 bits per heavy atom. The second-order valence-electron chi connectivity index (χ2n) is 4.47. The lowest BCUT2D eigenvalue weighted by atomic mass is 10.2. The molecule has 0 aliphatic rings. The number of nitrogens with one attached hydrogen (secondary N) is 1. The van der Waals surface area contributed by atoms with Gasteiger partial charge in [0.25, 0.3) is 0 Å². The standard InChI is InChI=1S/C16H14FNO2/c1-19-13-3-5-14(6-4-13)20-10-11-9-18-16-8-12(17)2-7-15(11)16/h2-9,18H,10H2,1H3. The zero-order valence-corrected chi connectivity index (χ0v) is 11.0. The number of hydrogen-bond donors (Lipinski definition) is 1. The number of benzene rings is 2. The van der Waals surface area contributed by atoms with Gasteiger partial charge in [0.15, 0.2) is 0 Å². The van der Waals surface area contributed by atoms with E-state index in [-0.39, 0.29) is 5.82 Å². The first-order valence-corrected chi connectivity index (χ1v) is 6.28. The molecule has 102 valence electrons. The summed E-state index contributed by atoms with van der Waals surface area (Å²) in [6, 6.07) is 12.1. The van der Waals surface area contributed by atoms with Crippen molar-refractivity contribution in [1.29, 1.82) is 0 Å². The molecule has 1 heterocycles. The van der Waals surface area contributed by atoms with E-state index < -0.39 is 0 Å². The van der Waals surface area contributed by atoms with Gasteiger partial charge in [-0.1, -0.05) is 0 Å². The van der Waals surface area contributed by atoms with Gasteiger partial charge in [0.1, 0.15) is 23.9 Å². The summed E-state index contributed by atoms with van der Waals surface area (Å²) < 4.78 is 23.9. The number of halogens is 1. The Balaban J connectivity index is 1.76. The number of aromatic nitrogens is 1. The van der Waals surface area contributed by atoms with Crippen molar-refractivity contribution in [3.05, 3.63) is 60.0 Å². The van der Waals surface area contributed by atoms with Crippen LogP contribution in [0.2, 0.25) is 0 Å². The van der Waals surface area contributed by atoms with Crippen molar-refractivity contribution in [3.8, 4) is 11.5 Å². The highest BCUT2D eigenvalue weighted by atomic mass is 19.1. The highest BCUT2D eigenvalue weighted by molar-refractivity contribution is 5.83. The molecule has 2 aromatic carbocycles. The smallest absolute Gasteiger partial charge is 0.125 e. The minimum Gasteiger partial charge on any atom is -0.497 e. The normalized spacial score (nSPS) is 10.7. The van der Waals surface area contributed by atoms with E-state index in [1.54, 1.807) is 13.2 Å². The fraction of sp³-hybridized carbons (Fsp3) is 0.125. The summed E-state index contributed by atoms with van der Waals surface area (Å²) in [6.07, 6.45) is 1.84. The lowest BCUT2D eigenvalue weighted by Gasteiger charge is -2.06. The molecule has 1 aromatic heterocycles. The molecule has 0 aliphatic heterocycles. The van der Waals surface area contributed by atoms with Gasteiger partial charge in [-0.25, -0.2) is 4.39 Å². The molecule has 0 unspecified atom stereocenters. The second kappa shape index (κ2) is 5.25. The summed E-state index contributed by atoms with van der Waals surface area (Å²) in [5, 5.41) is 0.972. The molecule has 4 heteroatoms. The van der Waals surface area contributed by atoms with Gasteiger partial charge < -0.3 is 14.5 Å². The Labute approximate surface area is 116 Å². The van der Waals surface area contributed by atoms with E-state index in [1.165, 1.54) is 12.1 Å². The fourth-order valence-corrected chi connectivity index (χ4v) is 2.11. The van der Waals surface area contributed by atoms with Crippen LogP contribution in [0.25, 0.3) is 10.9 Å². The molecule has 3 rings (SSSR count). The third-order valence-corrected chi connectivity index (χ3v) is 3.18. The zero-order valence-electron chi connectivity index (χ0n) is 11.0. The maximum Gasteiger partial charge on any atom is 0.125 e. The van der Waals surface area contributed by atoms with Gasteiger partial charge >= 0.3 is 0 Å². The third-order valence-electron chi connectivity index (χ3n) is 3.18. The first-order chi connectivity index (χ1) is 9.76. The molecule has 3 aromatic rings. The van der Waals surface area contributed by atoms with Crippen LogP contribution in [-0.4, -0.2) is 12.1 Å². The van der Waals surface area contributed by atoms with Gasteiger partial charge in [-0.05, 0) is 42.5 Å². The Morgan fingerprint density at radius 3 is 2.55 bits per heavy atom. The highest BCUT2D eigenvalue weighted by Crippen LogP contribution is 2.22. The quantitative estimate of drug-likeness (QED) is 0.781. The average molecular weight is 271 g/mol. The molecule has 20 heavy (non-hydrogen) atoms. The van der Waals surface area contributed by atoms with Crippen LogP contribution in [0.5, 0.6) is 11.5 Å². The molecule has 0 radical (unpaired) electrons. The summed E-state index contributed by atoms with van der Waals surface area (Å²) in [6.45, 7) is 0.429. The SMILES string of the molecule is COc1ccc(OCc2c[nH]c3cc(F)ccc23)cc1. The topological polar surface area (TPSA) is 34.2 Å². The van der Waals surface area contributed by atoms with Crippen molar-refractivity contribution in [2.24, 2.45) is 0 Å². The molecule has 1 N–H and O–H groups in total. The van der Waals surface area contributed by atoms with Gasteiger partial charge in [0, 0.05) is 22.7 Å². The van der Waals surface area contributed by atoms with Crippen molar-refractivity contribution in [1.82, 2.24) is 4.98 Å². The van der Waals surface area contributed by atoms with E-state index in [2.05, 4.69) is 4.98 Å². The first-order valence-electron chi connectivity index (χ1n) is 6.28. The summed E-state index contributed by atoms with van der Waals surface area (Å²) in [5.41, 5.74) is 1.77. The summed E-state index contributed by atoms with van der Waals surface area (Å²) in [4.78, 5) is 3.04. The largest absolute Gasteiger partial charge is 0.497 e. The van der Waals surface area contributed by atoms with E-state index >= 15 is 0 Å². The molecular weight excluding hydrogens is 257 g/mol. The van der Waals surface area contributed by atoms with Crippen molar-refractivity contribution in [2.75, 3.05) is 7.11 Å². The molecule has 0 saturated carbocycles. The average Bonchev–Trinajstić information content (AvgIpc) is 2.88. The van der Waals surface area contributed by atoms with E-state index in [0.717, 1.165) is 28.0 Å². The summed E-state index contributed by atoms with van der Waals surface area (Å²) in [5.74, 6) is 1.31. The van der Waals surface area contributed by atoms with Crippen molar-refractivity contribution in [3.63, 3.8) is 0 Å². The number of fused-ring (bicyclic) bond motifs is 1. The Kier molecular flexibility index (Phi) is 3.29. The number of hydrogen-bond acceptors (Lipinski definition) is 2. The van der Waals surface area contributed by atoms with Gasteiger partial charge in [-0.2, -0.15) is 0 Å². The molecule has 0 bridgehead atoms. The molecule has 0 amide bonds. The predicted molar refractivity (Wildman–Crippen MR) is 75.6 cm³/mol. The fourth-order valence-electron chi connectivity index (χ4n) is 2.11. The van der Waals surface area contributed by atoms with Crippen molar-refractivity contribution >= 4 is 10.9 Å². The molecular formula is C16H14FNO2. The second-order valence-corrected chi connectivity index (χ2v) is 4.47. The molecule has 3 nitrogen and oxygen atoms in total. The van der Waals surface area contributed by atoms with E-state index in [4.69, 9.17) is 9.47 Å². The van der Waals surface area contributed by atoms with Crippen LogP contribution in [0.3, 0.4) is 0 Å². The van der Waals surface area contributed by atoms with Crippen LogP contribution in [0.15, 0.2) is 48.7 Å². The Hall–Kier alpha value is -2.49. The van der Waals surface area contributed by atoms with Gasteiger partial charge in [0.2, 0.25) is 0 Å². The summed E-state index contributed by atoms with van der Waals surface area (Å²) in [7, 11) is 1.63. The lowest BCUT2D eigenvalue weighted by Crippen LogP contribution is -1.94. The van der Waals surface area contributed by atoms with Crippen LogP contribution < -0.4 is 9.47 Å². The molecule has 0 atom stereocenters. The van der Waals surface area contributed by atoms with Gasteiger partial charge in [-0.15, -0.1) is 0 Å². The van der Waals surface area contributed by atoms with Crippen LogP contribution in [0.4, 0.5) is 4.39 Å². The summed E-state index contributed by atoms with van der Waals surface area (Å²) >= 11 is 0. The van der Waals surface area contributed by atoms with Crippen LogP contribution in [0.1, 0.15) is 5.56 Å². The molecule has 0 spiro atoms. The maximum atomic E-state index is 13.1. The van der Waals surface area contributed by atoms with E-state index in [1.807, 2.05) is 30.5 Å². The molecule has 0 aliphatic carbocycles. The van der Waals surface area contributed by atoms with Crippen LogP contribution >= 0.6 is 0 Å². The number of H-pyrrole nitrogens is 1. The number of ether oxygens (including phenoxy) is 2. The van der Waals surface area contributed by atoms with Gasteiger partial charge in [-0.3, -0.25) is 0 Å². The van der Waals surface area contributed by atoms with Gasteiger partial charge in [0.05, 0.1) is 7.11 Å². The highest BCUT2D eigenvalue weighted by Gasteiger charge is 2.05. The molecule has 0 fully saturated rings. The molecule has 0 saturated heterocycles. The van der Waals surface area contributed by atoms with Crippen molar-refractivity contribution < 1.29 is 13.9 Å². The minimum absolute atomic E-state index is 0.248. The number of aromatic amines is 1.